The lowest BCUT2D eigenvalue weighted by atomic mass is 10.3. The van der Waals surface area contributed by atoms with Crippen molar-refractivity contribution >= 4 is 10.1 Å². The Morgan fingerprint density at radius 1 is 1.60 bits per heavy atom. The molecule has 0 aliphatic carbocycles. The molecular weight excluding hydrogens is 220 g/mol. The number of aromatic nitrogens is 2. The van der Waals surface area contributed by atoms with E-state index < -0.39 is 15.9 Å². The topological polar surface area (TPSA) is 89.4 Å². The zero-order valence-electron chi connectivity index (χ0n) is 8.41. The third-order valence-electron chi connectivity index (χ3n) is 1.78. The first-order valence-electron chi connectivity index (χ1n) is 4.22. The van der Waals surface area contributed by atoms with E-state index in [1.165, 1.54) is 19.4 Å². The molecule has 1 atom stereocenters. The Balaban J connectivity index is 2.93. The van der Waals surface area contributed by atoms with Gasteiger partial charge in [-0.3, -0.25) is 4.55 Å². The van der Waals surface area contributed by atoms with E-state index in [-0.39, 0.29) is 11.8 Å². The first kappa shape index (κ1) is 12.0. The maximum Gasteiger partial charge on any atom is 0.270 e. The molecule has 0 radical (unpaired) electrons. The molecule has 0 fully saturated rings. The van der Waals surface area contributed by atoms with Gasteiger partial charge in [0.1, 0.15) is 11.9 Å². The molecule has 0 saturated heterocycles. The highest BCUT2D eigenvalue weighted by Gasteiger charge is 2.11. The number of nitrogens with zero attached hydrogens (tertiary/aromatic N) is 2. The van der Waals surface area contributed by atoms with Crippen molar-refractivity contribution in [2.45, 2.75) is 18.8 Å². The minimum Gasteiger partial charge on any atom is -0.374 e. The highest BCUT2D eigenvalue weighted by Crippen LogP contribution is 2.11. The molecule has 6 nitrogen and oxygen atoms in total. The Labute approximate surface area is 88.1 Å². The molecule has 0 aromatic carbocycles. The van der Waals surface area contributed by atoms with Crippen LogP contribution in [0, 0.1) is 0 Å². The van der Waals surface area contributed by atoms with Crippen LogP contribution in [0.1, 0.15) is 24.5 Å². The normalized spacial score (nSPS) is 13.8. The number of rotatable bonds is 4. The summed E-state index contributed by atoms with van der Waals surface area (Å²) in [6, 6.07) is 1.43. The Kier molecular flexibility index (Phi) is 3.72. The molecule has 1 N–H and O–H groups in total. The number of methoxy groups -OCH3 is 1. The fraction of sp³-hybridized carbons (Fsp3) is 0.500. The van der Waals surface area contributed by atoms with Gasteiger partial charge in [-0.1, -0.05) is 0 Å². The largest absolute Gasteiger partial charge is 0.374 e. The molecule has 7 heteroatoms. The Morgan fingerprint density at radius 3 is 2.80 bits per heavy atom. The Bertz CT molecular complexity index is 432. The monoisotopic (exact) mass is 232 g/mol. The predicted octanol–water partition coefficient (Wildman–Crippen LogP) is 0.572. The molecule has 84 valence electrons. The van der Waals surface area contributed by atoms with E-state index in [1.54, 1.807) is 6.92 Å². The quantitative estimate of drug-likeness (QED) is 0.763. The van der Waals surface area contributed by atoms with Crippen LogP contribution >= 0.6 is 0 Å². The summed E-state index contributed by atoms with van der Waals surface area (Å²) in [5.74, 6) is -0.127. The van der Waals surface area contributed by atoms with Crippen molar-refractivity contribution < 1.29 is 17.7 Å². The van der Waals surface area contributed by atoms with Crippen LogP contribution in [0.2, 0.25) is 0 Å². The van der Waals surface area contributed by atoms with Crippen molar-refractivity contribution in [3.63, 3.8) is 0 Å². The van der Waals surface area contributed by atoms with Crippen molar-refractivity contribution in [3.05, 3.63) is 23.8 Å². The van der Waals surface area contributed by atoms with E-state index >= 15 is 0 Å². The molecule has 0 unspecified atom stereocenters. The fourth-order valence-corrected chi connectivity index (χ4v) is 1.52. The summed E-state index contributed by atoms with van der Waals surface area (Å²) in [4.78, 5) is 7.88. The van der Waals surface area contributed by atoms with Crippen LogP contribution in [0.5, 0.6) is 0 Å². The molecule has 1 aromatic heterocycles. The molecule has 1 rings (SSSR count). The van der Waals surface area contributed by atoms with Gasteiger partial charge in [0.15, 0.2) is 5.82 Å². The van der Waals surface area contributed by atoms with Gasteiger partial charge in [0.2, 0.25) is 0 Å². The lowest BCUT2D eigenvalue weighted by Gasteiger charge is -2.08. The maximum absolute atomic E-state index is 10.6. The van der Waals surface area contributed by atoms with Gasteiger partial charge in [-0.2, -0.15) is 8.42 Å². The third kappa shape index (κ3) is 3.90. The van der Waals surface area contributed by atoms with E-state index in [4.69, 9.17) is 9.29 Å². The maximum atomic E-state index is 10.6. The standard InChI is InChI=1S/C8H12N2O4S/c1-6(14-2)8-9-4-3-7(10-8)5-15(11,12)13/h3-4,6H,5H2,1-2H3,(H,11,12,13)/t6-/m1/s1. The van der Waals surface area contributed by atoms with Gasteiger partial charge in [0.05, 0.1) is 5.69 Å². The molecule has 0 amide bonds. The number of hydrogen-bond donors (Lipinski definition) is 1. The third-order valence-corrected chi connectivity index (χ3v) is 2.44. The Hall–Kier alpha value is -1.05. The minimum absolute atomic E-state index is 0.242. The first-order valence-corrected chi connectivity index (χ1v) is 5.83. The van der Waals surface area contributed by atoms with Crippen molar-refractivity contribution in [1.82, 2.24) is 9.97 Å². The van der Waals surface area contributed by atoms with Crippen LogP contribution in [0.4, 0.5) is 0 Å². The van der Waals surface area contributed by atoms with Gasteiger partial charge >= 0.3 is 0 Å². The van der Waals surface area contributed by atoms with Crippen molar-refractivity contribution in [3.8, 4) is 0 Å². The molecule has 1 heterocycles. The average Bonchev–Trinajstić information content (AvgIpc) is 2.14. The zero-order chi connectivity index (χ0) is 11.5. The first-order chi connectivity index (χ1) is 6.92. The summed E-state index contributed by atoms with van der Waals surface area (Å²) in [7, 11) is -2.55. The molecular formula is C8H12N2O4S. The van der Waals surface area contributed by atoms with E-state index in [1.807, 2.05) is 0 Å². The van der Waals surface area contributed by atoms with Crippen molar-refractivity contribution in [2.75, 3.05) is 7.11 Å². The average molecular weight is 232 g/mol. The SMILES string of the molecule is CO[C@H](C)c1nccc(CS(=O)(=O)O)n1. The molecule has 0 bridgehead atoms. The second-order valence-corrected chi connectivity index (χ2v) is 4.46. The molecule has 0 spiro atoms. The van der Waals surface area contributed by atoms with Crippen LogP contribution in [0.25, 0.3) is 0 Å². The van der Waals surface area contributed by atoms with Gasteiger partial charge in [-0.05, 0) is 13.0 Å². The minimum atomic E-state index is -4.06. The summed E-state index contributed by atoms with van der Waals surface area (Å²) in [6.45, 7) is 1.74. The molecule has 1 aromatic rings. The fourth-order valence-electron chi connectivity index (χ4n) is 0.981. The lowest BCUT2D eigenvalue weighted by molar-refractivity contribution is 0.112. The van der Waals surface area contributed by atoms with Gasteiger partial charge in [0, 0.05) is 13.3 Å². The van der Waals surface area contributed by atoms with Crippen LogP contribution in [-0.4, -0.2) is 30.0 Å². The van der Waals surface area contributed by atoms with Gasteiger partial charge in [-0.15, -0.1) is 0 Å². The predicted molar refractivity (Wildman–Crippen MR) is 52.7 cm³/mol. The summed E-state index contributed by atoms with van der Waals surface area (Å²) in [6.07, 6.45) is 1.12. The summed E-state index contributed by atoms with van der Waals surface area (Å²) in [5.41, 5.74) is 0.242. The Morgan fingerprint density at radius 2 is 2.27 bits per heavy atom. The zero-order valence-corrected chi connectivity index (χ0v) is 9.23. The smallest absolute Gasteiger partial charge is 0.270 e. The summed E-state index contributed by atoms with van der Waals surface area (Å²) >= 11 is 0. The molecule has 0 aliphatic rings. The summed E-state index contributed by atoms with van der Waals surface area (Å²) < 4.78 is 34.9. The highest BCUT2D eigenvalue weighted by atomic mass is 32.2. The molecule has 0 aliphatic heterocycles. The number of hydrogen-bond acceptors (Lipinski definition) is 5. The van der Waals surface area contributed by atoms with Crippen LogP contribution < -0.4 is 0 Å². The van der Waals surface area contributed by atoms with Gasteiger partial charge < -0.3 is 4.74 Å². The highest BCUT2D eigenvalue weighted by molar-refractivity contribution is 7.84. The lowest BCUT2D eigenvalue weighted by Crippen LogP contribution is -2.08. The van der Waals surface area contributed by atoms with Gasteiger partial charge in [-0.25, -0.2) is 9.97 Å². The van der Waals surface area contributed by atoms with E-state index in [0.717, 1.165) is 0 Å². The van der Waals surface area contributed by atoms with Crippen LogP contribution in [0.15, 0.2) is 12.3 Å². The van der Waals surface area contributed by atoms with Crippen LogP contribution in [0.3, 0.4) is 0 Å². The number of ether oxygens (including phenoxy) is 1. The van der Waals surface area contributed by atoms with Gasteiger partial charge in [0.25, 0.3) is 10.1 Å². The molecule has 0 saturated carbocycles. The van der Waals surface area contributed by atoms with Crippen molar-refractivity contribution in [1.29, 1.82) is 0 Å². The molecule has 15 heavy (non-hydrogen) atoms. The van der Waals surface area contributed by atoms with E-state index in [2.05, 4.69) is 9.97 Å². The van der Waals surface area contributed by atoms with Crippen molar-refractivity contribution in [2.24, 2.45) is 0 Å². The second-order valence-electron chi connectivity index (χ2n) is 3.01. The van der Waals surface area contributed by atoms with Crippen LogP contribution in [-0.2, 0) is 20.6 Å². The summed E-state index contributed by atoms with van der Waals surface area (Å²) in [5, 5.41) is 0. The van der Waals surface area contributed by atoms with E-state index in [0.29, 0.717) is 5.82 Å². The second kappa shape index (κ2) is 4.65. The van der Waals surface area contributed by atoms with E-state index in [9.17, 15) is 8.42 Å².